The Morgan fingerprint density at radius 3 is 2.44 bits per heavy atom. The zero-order valence-corrected chi connectivity index (χ0v) is 16.0. The molecule has 0 spiro atoms. The summed E-state index contributed by atoms with van der Waals surface area (Å²) in [5.41, 5.74) is 3.85. The molecule has 2 amide bonds. The predicted molar refractivity (Wildman–Crippen MR) is 108 cm³/mol. The Morgan fingerprint density at radius 2 is 1.70 bits per heavy atom. The number of nitrogens with one attached hydrogen (secondary N) is 1. The van der Waals surface area contributed by atoms with Gasteiger partial charge in [0, 0.05) is 50.4 Å². The highest BCUT2D eigenvalue weighted by atomic mass is 35.5. The first kappa shape index (κ1) is 19.4. The zero-order chi connectivity index (χ0) is 17.9. The lowest BCUT2D eigenvalue weighted by molar-refractivity contribution is -0.116. The molecule has 2 aliphatic heterocycles. The number of carbonyl (C=O) groups excluding carboxylic acids is 2. The largest absolute Gasteiger partial charge is 0.336 e. The molecule has 2 heterocycles. The SMILES string of the molecule is Cl.O=C1CCc2ccc(C(=O)N3CCN(Cc4ccccc4)CC3)cc2N1. The van der Waals surface area contributed by atoms with Gasteiger partial charge in [-0.05, 0) is 29.7 Å². The third-order valence-electron chi connectivity index (χ3n) is 5.16. The van der Waals surface area contributed by atoms with E-state index in [1.54, 1.807) is 0 Å². The topological polar surface area (TPSA) is 52.7 Å². The van der Waals surface area contributed by atoms with E-state index in [1.807, 2.05) is 29.2 Å². The molecule has 1 saturated heterocycles. The van der Waals surface area contributed by atoms with Gasteiger partial charge in [0.15, 0.2) is 0 Å². The lowest BCUT2D eigenvalue weighted by atomic mass is 10.0. The Balaban J connectivity index is 0.00000210. The summed E-state index contributed by atoms with van der Waals surface area (Å²) in [4.78, 5) is 28.7. The minimum absolute atomic E-state index is 0. The molecule has 0 atom stereocenters. The van der Waals surface area contributed by atoms with Crippen LogP contribution in [0.2, 0.25) is 0 Å². The summed E-state index contributed by atoms with van der Waals surface area (Å²) in [7, 11) is 0. The van der Waals surface area contributed by atoms with E-state index in [0.717, 1.165) is 50.4 Å². The molecule has 0 aliphatic carbocycles. The lowest BCUT2D eigenvalue weighted by Crippen LogP contribution is -2.48. The monoisotopic (exact) mass is 385 g/mol. The molecular weight excluding hydrogens is 362 g/mol. The van der Waals surface area contributed by atoms with E-state index in [2.05, 4.69) is 34.5 Å². The van der Waals surface area contributed by atoms with Crippen LogP contribution in [0, 0.1) is 0 Å². The van der Waals surface area contributed by atoms with Crippen molar-refractivity contribution in [2.45, 2.75) is 19.4 Å². The number of nitrogens with zero attached hydrogens (tertiary/aromatic N) is 2. The molecule has 2 aliphatic rings. The van der Waals surface area contributed by atoms with Gasteiger partial charge < -0.3 is 10.2 Å². The quantitative estimate of drug-likeness (QED) is 0.883. The van der Waals surface area contributed by atoms with Crippen LogP contribution in [0.1, 0.15) is 27.9 Å². The molecule has 0 unspecified atom stereocenters. The molecule has 4 rings (SSSR count). The van der Waals surface area contributed by atoms with Crippen molar-refractivity contribution in [3.05, 3.63) is 65.2 Å². The average molecular weight is 386 g/mol. The number of piperazine rings is 1. The molecule has 5 nitrogen and oxygen atoms in total. The maximum Gasteiger partial charge on any atom is 0.254 e. The summed E-state index contributed by atoms with van der Waals surface area (Å²) in [6, 6.07) is 16.1. The molecule has 1 N–H and O–H groups in total. The van der Waals surface area contributed by atoms with Crippen molar-refractivity contribution in [2.24, 2.45) is 0 Å². The van der Waals surface area contributed by atoms with Gasteiger partial charge in [-0.25, -0.2) is 0 Å². The maximum atomic E-state index is 12.8. The number of rotatable bonds is 3. The fourth-order valence-corrected chi connectivity index (χ4v) is 3.64. The van der Waals surface area contributed by atoms with Crippen molar-refractivity contribution in [3.8, 4) is 0 Å². The Bertz CT molecular complexity index is 817. The minimum Gasteiger partial charge on any atom is -0.336 e. The summed E-state index contributed by atoms with van der Waals surface area (Å²) in [6.45, 7) is 4.14. The Morgan fingerprint density at radius 1 is 0.963 bits per heavy atom. The number of carbonyl (C=O) groups is 2. The van der Waals surface area contributed by atoms with Crippen LogP contribution in [0.25, 0.3) is 0 Å². The molecule has 2 aromatic carbocycles. The molecule has 6 heteroatoms. The first-order valence-electron chi connectivity index (χ1n) is 9.17. The van der Waals surface area contributed by atoms with Gasteiger partial charge >= 0.3 is 0 Å². The van der Waals surface area contributed by atoms with Gasteiger partial charge in [0.25, 0.3) is 5.91 Å². The number of benzene rings is 2. The fraction of sp³-hybridized carbons (Fsp3) is 0.333. The number of hydrogen-bond donors (Lipinski definition) is 1. The summed E-state index contributed by atoms with van der Waals surface area (Å²) in [5.74, 6) is 0.0728. The molecule has 0 bridgehead atoms. The molecule has 0 aromatic heterocycles. The third kappa shape index (κ3) is 4.49. The van der Waals surface area contributed by atoms with Gasteiger partial charge in [-0.3, -0.25) is 14.5 Å². The van der Waals surface area contributed by atoms with Crippen LogP contribution in [0.4, 0.5) is 5.69 Å². The molecule has 0 saturated carbocycles. The highest BCUT2D eigenvalue weighted by Gasteiger charge is 2.23. The average Bonchev–Trinajstić information content (AvgIpc) is 2.68. The lowest BCUT2D eigenvalue weighted by Gasteiger charge is -2.35. The predicted octanol–water partition coefficient (Wildman–Crippen LogP) is 2.95. The summed E-state index contributed by atoms with van der Waals surface area (Å²) >= 11 is 0. The second kappa shape index (κ2) is 8.55. The Labute approximate surface area is 165 Å². The van der Waals surface area contributed by atoms with E-state index in [4.69, 9.17) is 0 Å². The van der Waals surface area contributed by atoms with Gasteiger partial charge in [-0.2, -0.15) is 0 Å². The van der Waals surface area contributed by atoms with E-state index < -0.39 is 0 Å². The van der Waals surface area contributed by atoms with Crippen LogP contribution >= 0.6 is 12.4 Å². The molecule has 1 fully saturated rings. The van der Waals surface area contributed by atoms with Gasteiger partial charge in [0.1, 0.15) is 0 Å². The van der Waals surface area contributed by atoms with Crippen LogP contribution < -0.4 is 5.32 Å². The molecule has 27 heavy (non-hydrogen) atoms. The van der Waals surface area contributed by atoms with Crippen LogP contribution in [0.3, 0.4) is 0 Å². The highest BCUT2D eigenvalue weighted by Crippen LogP contribution is 2.24. The Kier molecular flexibility index (Phi) is 6.14. The third-order valence-corrected chi connectivity index (χ3v) is 5.16. The standard InChI is InChI=1S/C21H23N3O2.ClH/c25-20-9-8-17-6-7-18(14-19(17)22-20)21(26)24-12-10-23(11-13-24)15-16-4-2-1-3-5-16;/h1-7,14H,8-13,15H2,(H,22,25);1H. The number of anilines is 1. The van der Waals surface area contributed by atoms with Crippen molar-refractivity contribution in [1.82, 2.24) is 9.80 Å². The zero-order valence-electron chi connectivity index (χ0n) is 15.2. The summed E-state index contributed by atoms with van der Waals surface area (Å²) in [5, 5.41) is 2.87. The molecule has 142 valence electrons. The van der Waals surface area contributed by atoms with Gasteiger partial charge in [-0.15, -0.1) is 12.4 Å². The second-order valence-electron chi connectivity index (χ2n) is 6.97. The molecular formula is C21H24ClN3O2. The van der Waals surface area contributed by atoms with Crippen molar-refractivity contribution in [1.29, 1.82) is 0 Å². The first-order valence-corrected chi connectivity index (χ1v) is 9.17. The van der Waals surface area contributed by atoms with Crippen LogP contribution in [0.15, 0.2) is 48.5 Å². The van der Waals surface area contributed by atoms with Crippen LogP contribution in [-0.2, 0) is 17.8 Å². The van der Waals surface area contributed by atoms with Gasteiger partial charge in [0.2, 0.25) is 5.91 Å². The molecule has 2 aromatic rings. The maximum absolute atomic E-state index is 12.8. The van der Waals surface area contributed by atoms with Crippen molar-refractivity contribution >= 4 is 29.9 Å². The van der Waals surface area contributed by atoms with E-state index in [0.29, 0.717) is 12.0 Å². The van der Waals surface area contributed by atoms with Crippen LogP contribution in [-0.4, -0.2) is 47.8 Å². The fourth-order valence-electron chi connectivity index (χ4n) is 3.64. The number of halogens is 1. The normalized spacial score (nSPS) is 16.9. The van der Waals surface area contributed by atoms with Gasteiger partial charge in [-0.1, -0.05) is 36.4 Å². The number of aryl methyl sites for hydroxylation is 1. The smallest absolute Gasteiger partial charge is 0.254 e. The van der Waals surface area contributed by atoms with E-state index in [9.17, 15) is 9.59 Å². The summed E-state index contributed by atoms with van der Waals surface area (Å²) in [6.07, 6.45) is 1.26. The van der Waals surface area contributed by atoms with Crippen molar-refractivity contribution in [2.75, 3.05) is 31.5 Å². The van der Waals surface area contributed by atoms with E-state index in [-0.39, 0.29) is 24.2 Å². The highest BCUT2D eigenvalue weighted by molar-refractivity contribution is 5.99. The minimum atomic E-state index is 0. The van der Waals surface area contributed by atoms with E-state index >= 15 is 0 Å². The van der Waals surface area contributed by atoms with Crippen molar-refractivity contribution in [3.63, 3.8) is 0 Å². The summed E-state index contributed by atoms with van der Waals surface area (Å²) < 4.78 is 0. The number of amides is 2. The van der Waals surface area contributed by atoms with Crippen molar-refractivity contribution < 1.29 is 9.59 Å². The second-order valence-corrected chi connectivity index (χ2v) is 6.97. The van der Waals surface area contributed by atoms with Gasteiger partial charge in [0.05, 0.1) is 0 Å². The molecule has 0 radical (unpaired) electrons. The van der Waals surface area contributed by atoms with Crippen LogP contribution in [0.5, 0.6) is 0 Å². The number of hydrogen-bond acceptors (Lipinski definition) is 3. The first-order chi connectivity index (χ1) is 12.7. The number of fused-ring (bicyclic) bond motifs is 1. The van der Waals surface area contributed by atoms with E-state index in [1.165, 1.54) is 5.56 Å². The Hall–Kier alpha value is -2.37.